The van der Waals surface area contributed by atoms with Gasteiger partial charge in [0.15, 0.2) is 0 Å². The summed E-state index contributed by atoms with van der Waals surface area (Å²) < 4.78 is 6.25. The summed E-state index contributed by atoms with van der Waals surface area (Å²) in [4.78, 5) is 0. The molecule has 2 rings (SSSR count). The molecule has 0 radical (unpaired) electrons. The monoisotopic (exact) mass is 268 g/mol. The first-order valence-electron chi connectivity index (χ1n) is 4.17. The van der Waals surface area contributed by atoms with Gasteiger partial charge in [-0.05, 0) is 39.0 Å². The van der Waals surface area contributed by atoms with Crippen molar-refractivity contribution in [2.24, 2.45) is 0 Å². The Balaban J connectivity index is 2.39. The third-order valence-electron chi connectivity index (χ3n) is 2.02. The van der Waals surface area contributed by atoms with Crippen LogP contribution < -0.4 is 4.74 Å². The minimum atomic E-state index is 0.889. The maximum atomic E-state index is 5.11. The maximum absolute atomic E-state index is 5.11. The Bertz CT molecular complexity index is 419. The van der Waals surface area contributed by atoms with Crippen LogP contribution in [-0.2, 0) is 0 Å². The fourth-order valence-corrected chi connectivity index (χ4v) is 2.79. The number of thiophene rings is 1. The first-order valence-corrected chi connectivity index (χ1v) is 5.91. The van der Waals surface area contributed by atoms with Crippen LogP contribution in [0, 0.1) is 0 Å². The molecule has 0 N–H and O–H groups in total. The SMILES string of the molecule is COc1ccc(-c2cscc2Br)cc1. The van der Waals surface area contributed by atoms with E-state index in [4.69, 9.17) is 4.74 Å². The largest absolute Gasteiger partial charge is 0.497 e. The molecule has 0 aliphatic carbocycles. The van der Waals surface area contributed by atoms with E-state index in [-0.39, 0.29) is 0 Å². The van der Waals surface area contributed by atoms with Crippen LogP contribution in [0.5, 0.6) is 5.75 Å². The number of halogens is 1. The molecule has 0 amide bonds. The van der Waals surface area contributed by atoms with Crippen LogP contribution in [0.3, 0.4) is 0 Å². The lowest BCUT2D eigenvalue weighted by atomic mass is 10.1. The molecule has 1 nitrogen and oxygen atoms in total. The third-order valence-corrected chi connectivity index (χ3v) is 3.72. The zero-order valence-corrected chi connectivity index (χ0v) is 10.1. The first kappa shape index (κ1) is 9.74. The van der Waals surface area contributed by atoms with Gasteiger partial charge in [-0.3, -0.25) is 0 Å². The number of hydrogen-bond acceptors (Lipinski definition) is 2. The first-order chi connectivity index (χ1) is 6.81. The van der Waals surface area contributed by atoms with Gasteiger partial charge in [0, 0.05) is 15.4 Å². The van der Waals surface area contributed by atoms with Crippen LogP contribution in [0.25, 0.3) is 11.1 Å². The average Bonchev–Trinajstić information content (AvgIpc) is 2.65. The molecular formula is C11H9BrOS. The van der Waals surface area contributed by atoms with Gasteiger partial charge in [0.25, 0.3) is 0 Å². The van der Waals surface area contributed by atoms with Crippen molar-refractivity contribution in [2.75, 3.05) is 7.11 Å². The lowest BCUT2D eigenvalue weighted by Gasteiger charge is -2.02. The van der Waals surface area contributed by atoms with Gasteiger partial charge >= 0.3 is 0 Å². The Labute approximate surface area is 95.5 Å². The molecule has 0 saturated heterocycles. The van der Waals surface area contributed by atoms with Crippen molar-refractivity contribution in [1.29, 1.82) is 0 Å². The second kappa shape index (κ2) is 4.15. The highest BCUT2D eigenvalue weighted by Crippen LogP contribution is 2.32. The molecule has 0 spiro atoms. The minimum absolute atomic E-state index is 0.889. The average molecular weight is 269 g/mol. The summed E-state index contributed by atoms with van der Waals surface area (Å²) in [6.07, 6.45) is 0. The smallest absolute Gasteiger partial charge is 0.118 e. The van der Waals surface area contributed by atoms with Crippen molar-refractivity contribution in [2.45, 2.75) is 0 Å². The van der Waals surface area contributed by atoms with Crippen molar-refractivity contribution in [1.82, 2.24) is 0 Å². The van der Waals surface area contributed by atoms with Crippen LogP contribution in [0.2, 0.25) is 0 Å². The third kappa shape index (κ3) is 1.83. The Morgan fingerprint density at radius 2 is 1.86 bits per heavy atom. The molecule has 0 saturated carbocycles. The van der Waals surface area contributed by atoms with E-state index >= 15 is 0 Å². The highest BCUT2D eigenvalue weighted by atomic mass is 79.9. The van der Waals surface area contributed by atoms with Crippen molar-refractivity contribution in [3.63, 3.8) is 0 Å². The van der Waals surface area contributed by atoms with E-state index in [9.17, 15) is 0 Å². The highest BCUT2D eigenvalue weighted by molar-refractivity contribution is 9.10. The van der Waals surface area contributed by atoms with Crippen molar-refractivity contribution in [3.8, 4) is 16.9 Å². The molecular weight excluding hydrogens is 260 g/mol. The summed E-state index contributed by atoms with van der Waals surface area (Å²) in [7, 11) is 1.68. The predicted molar refractivity (Wildman–Crippen MR) is 64.0 cm³/mol. The van der Waals surface area contributed by atoms with Gasteiger partial charge in [0.05, 0.1) is 7.11 Å². The van der Waals surface area contributed by atoms with E-state index in [2.05, 4.69) is 38.8 Å². The van der Waals surface area contributed by atoms with Crippen molar-refractivity contribution in [3.05, 3.63) is 39.5 Å². The van der Waals surface area contributed by atoms with E-state index in [1.165, 1.54) is 11.1 Å². The van der Waals surface area contributed by atoms with E-state index in [1.54, 1.807) is 18.4 Å². The number of ether oxygens (including phenoxy) is 1. The van der Waals surface area contributed by atoms with Gasteiger partial charge in [-0.2, -0.15) is 11.3 Å². The number of rotatable bonds is 2. The quantitative estimate of drug-likeness (QED) is 0.794. The van der Waals surface area contributed by atoms with E-state index in [0.717, 1.165) is 10.2 Å². The van der Waals surface area contributed by atoms with Crippen LogP contribution in [0.4, 0.5) is 0 Å². The summed E-state index contributed by atoms with van der Waals surface area (Å²) >= 11 is 5.21. The molecule has 0 aliphatic rings. The van der Waals surface area contributed by atoms with E-state index < -0.39 is 0 Å². The van der Waals surface area contributed by atoms with Crippen LogP contribution >= 0.6 is 27.3 Å². The molecule has 1 aromatic heterocycles. The Kier molecular flexibility index (Phi) is 2.89. The number of methoxy groups -OCH3 is 1. The standard InChI is InChI=1S/C11H9BrOS/c1-13-9-4-2-8(3-5-9)10-6-14-7-11(10)12/h2-7H,1H3. The molecule has 0 aliphatic heterocycles. The zero-order valence-electron chi connectivity index (χ0n) is 7.66. The fourth-order valence-electron chi connectivity index (χ4n) is 1.26. The lowest BCUT2D eigenvalue weighted by molar-refractivity contribution is 0.415. The second-order valence-corrected chi connectivity index (χ2v) is 4.46. The van der Waals surface area contributed by atoms with Gasteiger partial charge in [-0.1, -0.05) is 12.1 Å². The molecule has 1 aromatic carbocycles. The maximum Gasteiger partial charge on any atom is 0.118 e. The van der Waals surface area contributed by atoms with E-state index in [0.29, 0.717) is 0 Å². The minimum Gasteiger partial charge on any atom is -0.497 e. The summed E-state index contributed by atoms with van der Waals surface area (Å²) in [5.41, 5.74) is 2.44. The summed E-state index contributed by atoms with van der Waals surface area (Å²) in [5.74, 6) is 0.889. The molecule has 3 heteroatoms. The van der Waals surface area contributed by atoms with Gasteiger partial charge in [-0.25, -0.2) is 0 Å². The Morgan fingerprint density at radius 3 is 2.36 bits per heavy atom. The van der Waals surface area contributed by atoms with Crippen molar-refractivity contribution < 1.29 is 4.74 Å². The molecule has 0 bridgehead atoms. The van der Waals surface area contributed by atoms with Gasteiger partial charge in [0.2, 0.25) is 0 Å². The number of hydrogen-bond donors (Lipinski definition) is 0. The van der Waals surface area contributed by atoms with Gasteiger partial charge < -0.3 is 4.74 Å². The van der Waals surface area contributed by atoms with E-state index in [1.807, 2.05) is 12.1 Å². The van der Waals surface area contributed by atoms with Crippen LogP contribution in [0.1, 0.15) is 0 Å². The molecule has 2 aromatic rings. The zero-order chi connectivity index (χ0) is 9.97. The topological polar surface area (TPSA) is 9.23 Å². The molecule has 0 fully saturated rings. The number of benzene rings is 1. The lowest BCUT2D eigenvalue weighted by Crippen LogP contribution is -1.81. The van der Waals surface area contributed by atoms with Crippen molar-refractivity contribution >= 4 is 27.3 Å². The summed E-state index contributed by atoms with van der Waals surface area (Å²) in [5, 5.41) is 4.21. The summed E-state index contributed by atoms with van der Waals surface area (Å²) in [6, 6.07) is 8.07. The normalized spacial score (nSPS) is 10.1. The summed E-state index contributed by atoms with van der Waals surface area (Å²) in [6.45, 7) is 0. The van der Waals surface area contributed by atoms with Gasteiger partial charge in [-0.15, -0.1) is 0 Å². The van der Waals surface area contributed by atoms with Gasteiger partial charge in [0.1, 0.15) is 5.75 Å². The Hall–Kier alpha value is -0.800. The van der Waals surface area contributed by atoms with Crippen LogP contribution in [-0.4, -0.2) is 7.11 Å². The highest BCUT2D eigenvalue weighted by Gasteiger charge is 2.03. The molecule has 1 heterocycles. The molecule has 72 valence electrons. The van der Waals surface area contributed by atoms with Crippen LogP contribution in [0.15, 0.2) is 39.5 Å². The fraction of sp³-hybridized carbons (Fsp3) is 0.0909. The second-order valence-electron chi connectivity index (χ2n) is 2.86. The predicted octanol–water partition coefficient (Wildman–Crippen LogP) is 4.19. The molecule has 0 unspecified atom stereocenters. The molecule has 0 atom stereocenters. The Morgan fingerprint density at radius 1 is 1.14 bits per heavy atom. The molecule has 14 heavy (non-hydrogen) atoms.